The number of rotatable bonds is 6. The van der Waals surface area contributed by atoms with Crippen molar-refractivity contribution in [3.8, 4) is 5.75 Å². The molecule has 18 heavy (non-hydrogen) atoms. The Bertz CT molecular complexity index is 363. The maximum atomic E-state index is 13.1. The molecule has 0 fully saturated rings. The Morgan fingerprint density at radius 2 is 2.06 bits per heavy atom. The monoisotopic (exact) mass is 255 g/mol. The third-order valence-electron chi connectivity index (χ3n) is 2.31. The fourth-order valence-electron chi connectivity index (χ4n) is 1.47. The SMILES string of the molecule is COCC(CNC(C)(C)C)Oc1cccc(F)c1. The van der Waals surface area contributed by atoms with Crippen molar-refractivity contribution >= 4 is 0 Å². The Labute approximate surface area is 108 Å². The van der Waals surface area contributed by atoms with E-state index >= 15 is 0 Å². The van der Waals surface area contributed by atoms with Gasteiger partial charge in [-0.15, -0.1) is 0 Å². The zero-order chi connectivity index (χ0) is 13.6. The molecule has 1 N–H and O–H groups in total. The van der Waals surface area contributed by atoms with Gasteiger partial charge >= 0.3 is 0 Å². The van der Waals surface area contributed by atoms with E-state index in [2.05, 4.69) is 26.1 Å². The van der Waals surface area contributed by atoms with Gasteiger partial charge in [0.25, 0.3) is 0 Å². The summed E-state index contributed by atoms with van der Waals surface area (Å²) in [6.07, 6.45) is -0.143. The van der Waals surface area contributed by atoms with Gasteiger partial charge in [0.05, 0.1) is 6.61 Å². The van der Waals surface area contributed by atoms with E-state index in [-0.39, 0.29) is 17.5 Å². The molecular formula is C14H22FNO2. The van der Waals surface area contributed by atoms with Crippen molar-refractivity contribution in [2.75, 3.05) is 20.3 Å². The molecule has 1 aromatic rings. The molecule has 4 heteroatoms. The van der Waals surface area contributed by atoms with Crippen LogP contribution in [0.25, 0.3) is 0 Å². The highest BCUT2D eigenvalue weighted by Crippen LogP contribution is 2.14. The summed E-state index contributed by atoms with van der Waals surface area (Å²) in [5, 5.41) is 3.34. The van der Waals surface area contributed by atoms with Crippen molar-refractivity contribution in [2.24, 2.45) is 0 Å². The first-order valence-corrected chi connectivity index (χ1v) is 6.07. The number of methoxy groups -OCH3 is 1. The summed E-state index contributed by atoms with van der Waals surface area (Å²) in [7, 11) is 1.62. The quantitative estimate of drug-likeness (QED) is 0.847. The third kappa shape index (κ3) is 5.98. The Kier molecular flexibility index (Phi) is 5.56. The fourth-order valence-corrected chi connectivity index (χ4v) is 1.47. The van der Waals surface area contributed by atoms with Crippen LogP contribution in [0.4, 0.5) is 4.39 Å². The van der Waals surface area contributed by atoms with Crippen LogP contribution < -0.4 is 10.1 Å². The van der Waals surface area contributed by atoms with E-state index in [1.54, 1.807) is 19.2 Å². The first-order chi connectivity index (χ1) is 8.40. The standard InChI is InChI=1S/C14H22FNO2/c1-14(2,3)16-9-13(10-17-4)18-12-7-5-6-11(15)8-12/h5-8,13,16H,9-10H2,1-4H3. The Hall–Kier alpha value is -1.13. The van der Waals surface area contributed by atoms with Crippen LogP contribution in [0.5, 0.6) is 5.75 Å². The number of benzene rings is 1. The molecule has 1 rings (SSSR count). The van der Waals surface area contributed by atoms with Gasteiger partial charge in [-0.2, -0.15) is 0 Å². The minimum atomic E-state index is -0.299. The second kappa shape index (κ2) is 6.71. The zero-order valence-electron chi connectivity index (χ0n) is 11.5. The van der Waals surface area contributed by atoms with Crippen LogP contribution in [-0.4, -0.2) is 31.9 Å². The van der Waals surface area contributed by atoms with E-state index in [9.17, 15) is 4.39 Å². The van der Waals surface area contributed by atoms with Crippen molar-refractivity contribution in [1.82, 2.24) is 5.32 Å². The van der Waals surface area contributed by atoms with Gasteiger partial charge in [-0.25, -0.2) is 4.39 Å². The average molecular weight is 255 g/mol. The predicted octanol–water partition coefficient (Wildman–Crippen LogP) is 2.61. The molecule has 0 spiro atoms. The van der Waals surface area contributed by atoms with Crippen molar-refractivity contribution in [1.29, 1.82) is 0 Å². The molecule has 0 aliphatic heterocycles. The summed E-state index contributed by atoms with van der Waals surface area (Å²) in [6.45, 7) is 7.35. The Balaban J connectivity index is 2.57. The summed E-state index contributed by atoms with van der Waals surface area (Å²) >= 11 is 0. The van der Waals surface area contributed by atoms with Crippen molar-refractivity contribution < 1.29 is 13.9 Å². The first kappa shape index (κ1) is 14.9. The topological polar surface area (TPSA) is 30.5 Å². The van der Waals surface area contributed by atoms with Crippen LogP contribution in [-0.2, 0) is 4.74 Å². The normalized spacial score (nSPS) is 13.4. The number of ether oxygens (including phenoxy) is 2. The molecule has 102 valence electrons. The zero-order valence-corrected chi connectivity index (χ0v) is 11.5. The molecular weight excluding hydrogens is 233 g/mol. The van der Waals surface area contributed by atoms with E-state index in [0.717, 1.165) is 0 Å². The lowest BCUT2D eigenvalue weighted by Gasteiger charge is -2.25. The molecule has 0 aliphatic carbocycles. The maximum absolute atomic E-state index is 13.1. The van der Waals surface area contributed by atoms with Crippen molar-refractivity contribution in [2.45, 2.75) is 32.4 Å². The maximum Gasteiger partial charge on any atom is 0.134 e. The van der Waals surface area contributed by atoms with E-state index < -0.39 is 0 Å². The summed E-state index contributed by atoms with van der Waals surface area (Å²) in [6, 6.07) is 6.14. The van der Waals surface area contributed by atoms with Crippen molar-refractivity contribution in [3.05, 3.63) is 30.1 Å². The molecule has 0 heterocycles. The average Bonchev–Trinajstić information content (AvgIpc) is 2.25. The third-order valence-corrected chi connectivity index (χ3v) is 2.31. The lowest BCUT2D eigenvalue weighted by Crippen LogP contribution is -2.44. The van der Waals surface area contributed by atoms with Gasteiger partial charge in [-0.1, -0.05) is 6.07 Å². The van der Waals surface area contributed by atoms with E-state index in [1.807, 2.05) is 0 Å². The van der Waals surface area contributed by atoms with Crippen LogP contribution in [0.1, 0.15) is 20.8 Å². The van der Waals surface area contributed by atoms with E-state index in [0.29, 0.717) is 18.9 Å². The largest absolute Gasteiger partial charge is 0.487 e. The smallest absolute Gasteiger partial charge is 0.134 e. The Morgan fingerprint density at radius 1 is 1.33 bits per heavy atom. The number of nitrogens with one attached hydrogen (secondary N) is 1. The van der Waals surface area contributed by atoms with Crippen LogP contribution in [0.15, 0.2) is 24.3 Å². The molecule has 0 radical (unpaired) electrons. The highest BCUT2D eigenvalue weighted by atomic mass is 19.1. The van der Waals surface area contributed by atoms with Gasteiger partial charge in [0, 0.05) is 25.3 Å². The number of halogens is 1. The first-order valence-electron chi connectivity index (χ1n) is 6.07. The fraction of sp³-hybridized carbons (Fsp3) is 0.571. The van der Waals surface area contributed by atoms with E-state index in [1.165, 1.54) is 12.1 Å². The summed E-state index contributed by atoms with van der Waals surface area (Å²) in [4.78, 5) is 0. The van der Waals surface area contributed by atoms with Crippen molar-refractivity contribution in [3.63, 3.8) is 0 Å². The highest BCUT2D eigenvalue weighted by Gasteiger charge is 2.15. The summed E-state index contributed by atoms with van der Waals surface area (Å²) < 4.78 is 23.9. The minimum Gasteiger partial charge on any atom is -0.487 e. The molecule has 0 aromatic heterocycles. The van der Waals surface area contributed by atoms with Crippen LogP contribution >= 0.6 is 0 Å². The predicted molar refractivity (Wildman–Crippen MR) is 70.4 cm³/mol. The second-order valence-electron chi connectivity index (χ2n) is 5.28. The molecule has 0 aliphatic rings. The molecule has 1 atom stereocenters. The van der Waals surface area contributed by atoms with Gasteiger partial charge in [0.1, 0.15) is 17.7 Å². The van der Waals surface area contributed by atoms with Gasteiger partial charge in [-0.3, -0.25) is 0 Å². The van der Waals surface area contributed by atoms with Crippen LogP contribution in [0, 0.1) is 5.82 Å². The van der Waals surface area contributed by atoms with Gasteiger partial charge in [-0.05, 0) is 32.9 Å². The molecule has 3 nitrogen and oxygen atoms in total. The molecule has 0 amide bonds. The Morgan fingerprint density at radius 3 is 2.61 bits per heavy atom. The van der Waals surface area contributed by atoms with Gasteiger partial charge in [0.15, 0.2) is 0 Å². The molecule has 0 saturated heterocycles. The number of hydrogen-bond acceptors (Lipinski definition) is 3. The number of hydrogen-bond donors (Lipinski definition) is 1. The van der Waals surface area contributed by atoms with Gasteiger partial charge in [0.2, 0.25) is 0 Å². The highest BCUT2D eigenvalue weighted by molar-refractivity contribution is 5.22. The molecule has 1 aromatic carbocycles. The summed E-state index contributed by atoms with van der Waals surface area (Å²) in [5.74, 6) is 0.222. The van der Waals surface area contributed by atoms with Gasteiger partial charge < -0.3 is 14.8 Å². The minimum absolute atomic E-state index is 0.0112. The van der Waals surface area contributed by atoms with E-state index in [4.69, 9.17) is 9.47 Å². The lowest BCUT2D eigenvalue weighted by molar-refractivity contribution is 0.0763. The summed E-state index contributed by atoms with van der Waals surface area (Å²) in [5.41, 5.74) is 0.0112. The molecule has 0 saturated carbocycles. The molecule has 1 unspecified atom stereocenters. The van der Waals surface area contributed by atoms with Crippen LogP contribution in [0.2, 0.25) is 0 Å². The second-order valence-corrected chi connectivity index (χ2v) is 5.28. The van der Waals surface area contributed by atoms with Crippen LogP contribution in [0.3, 0.4) is 0 Å². The lowest BCUT2D eigenvalue weighted by atomic mass is 10.1. The molecule has 0 bridgehead atoms.